The van der Waals surface area contributed by atoms with Crippen molar-refractivity contribution in [2.45, 2.75) is 51.5 Å². The Labute approximate surface area is 143 Å². The summed E-state index contributed by atoms with van der Waals surface area (Å²) in [5, 5.41) is 1.89. The smallest absolute Gasteiger partial charge is 0.264 e. The first-order valence-electron chi connectivity index (χ1n) is 9.12. The van der Waals surface area contributed by atoms with E-state index in [4.69, 9.17) is 0 Å². The summed E-state index contributed by atoms with van der Waals surface area (Å²) in [6.07, 6.45) is 13.1. The number of nitrogens with zero attached hydrogens (tertiary/aromatic N) is 2. The molecule has 1 saturated carbocycles. The van der Waals surface area contributed by atoms with Gasteiger partial charge in [-0.25, -0.2) is 5.43 Å². The number of carbonyl (C=O) groups is 1. The van der Waals surface area contributed by atoms with Crippen molar-refractivity contribution in [1.82, 2.24) is 15.4 Å². The standard InChI is InChI=1S/C20H25N3O/c1-14-10-16(15-6-5-9-21-12-15)11-17-13-23(20(24)19(14)17)22-18-7-3-2-4-8-18/h5-6,9-10,12,17-18,22H,2-4,7-8,11,13H2,1H3. The minimum atomic E-state index is 0.185. The van der Waals surface area contributed by atoms with E-state index in [1.165, 1.54) is 43.2 Å². The molecule has 1 N–H and O–H groups in total. The highest BCUT2D eigenvalue weighted by molar-refractivity contribution is 5.99. The van der Waals surface area contributed by atoms with Crippen molar-refractivity contribution in [2.24, 2.45) is 5.92 Å². The fourth-order valence-corrected chi connectivity index (χ4v) is 4.35. The lowest BCUT2D eigenvalue weighted by atomic mass is 9.83. The van der Waals surface area contributed by atoms with E-state index < -0.39 is 0 Å². The Balaban J connectivity index is 1.51. The lowest BCUT2D eigenvalue weighted by Crippen LogP contribution is -2.46. The second-order valence-corrected chi connectivity index (χ2v) is 7.29. The van der Waals surface area contributed by atoms with Crippen LogP contribution < -0.4 is 5.43 Å². The highest BCUT2D eigenvalue weighted by Crippen LogP contribution is 2.39. The van der Waals surface area contributed by atoms with Gasteiger partial charge in [-0.05, 0) is 49.0 Å². The number of nitrogens with one attached hydrogen (secondary N) is 1. The Morgan fingerprint density at radius 3 is 2.83 bits per heavy atom. The van der Waals surface area contributed by atoms with Crippen LogP contribution >= 0.6 is 0 Å². The number of rotatable bonds is 3. The van der Waals surface area contributed by atoms with Crippen LogP contribution in [0.5, 0.6) is 0 Å². The average Bonchev–Trinajstić information content (AvgIpc) is 2.93. The van der Waals surface area contributed by atoms with Gasteiger partial charge in [0.15, 0.2) is 0 Å². The molecule has 1 aromatic heterocycles. The molecule has 0 aromatic carbocycles. The predicted molar refractivity (Wildman–Crippen MR) is 94.7 cm³/mol. The van der Waals surface area contributed by atoms with Crippen molar-refractivity contribution in [1.29, 1.82) is 0 Å². The Bertz CT molecular complexity index is 686. The molecule has 1 saturated heterocycles. The Hall–Kier alpha value is -1.94. The van der Waals surface area contributed by atoms with Crippen LogP contribution in [0.2, 0.25) is 0 Å². The molecule has 4 rings (SSSR count). The largest absolute Gasteiger partial charge is 0.273 e. The van der Waals surface area contributed by atoms with Gasteiger partial charge in [0.2, 0.25) is 0 Å². The Kier molecular flexibility index (Phi) is 4.23. The first kappa shape index (κ1) is 15.6. The van der Waals surface area contributed by atoms with Gasteiger partial charge in [0.05, 0.1) is 0 Å². The van der Waals surface area contributed by atoms with Gasteiger partial charge in [-0.15, -0.1) is 0 Å². The highest BCUT2D eigenvalue weighted by atomic mass is 16.2. The molecule has 4 nitrogen and oxygen atoms in total. The molecule has 126 valence electrons. The zero-order valence-electron chi connectivity index (χ0n) is 14.3. The molecule has 4 heteroatoms. The zero-order chi connectivity index (χ0) is 16.5. The topological polar surface area (TPSA) is 45.2 Å². The van der Waals surface area contributed by atoms with Crippen molar-refractivity contribution in [3.8, 4) is 0 Å². The summed E-state index contributed by atoms with van der Waals surface area (Å²) < 4.78 is 0. The molecule has 1 aliphatic heterocycles. The van der Waals surface area contributed by atoms with Gasteiger partial charge in [-0.2, -0.15) is 0 Å². The van der Waals surface area contributed by atoms with Gasteiger partial charge in [0.25, 0.3) is 5.91 Å². The van der Waals surface area contributed by atoms with Crippen LogP contribution in [-0.2, 0) is 4.79 Å². The SMILES string of the molecule is CC1=C2C(=O)N(NC3CCCCC3)CC2CC(c2cccnc2)=C1. The van der Waals surface area contributed by atoms with Gasteiger partial charge >= 0.3 is 0 Å². The fraction of sp³-hybridized carbons (Fsp3) is 0.500. The molecule has 1 atom stereocenters. The van der Waals surface area contributed by atoms with Crippen molar-refractivity contribution in [3.05, 3.63) is 47.3 Å². The minimum Gasteiger partial charge on any atom is -0.273 e. The van der Waals surface area contributed by atoms with Crippen LogP contribution in [-0.4, -0.2) is 28.5 Å². The van der Waals surface area contributed by atoms with Crippen LogP contribution in [0.25, 0.3) is 5.57 Å². The number of hydrazine groups is 1. The number of fused-ring (bicyclic) bond motifs is 1. The quantitative estimate of drug-likeness (QED) is 0.926. The third-order valence-electron chi connectivity index (χ3n) is 5.54. The molecule has 1 amide bonds. The molecular weight excluding hydrogens is 298 g/mol. The molecule has 1 aromatic rings. The molecule has 2 fully saturated rings. The number of allylic oxidation sites excluding steroid dienone is 3. The predicted octanol–water partition coefficient (Wildman–Crippen LogP) is 3.48. The summed E-state index contributed by atoms with van der Waals surface area (Å²) in [5.74, 6) is 0.485. The summed E-state index contributed by atoms with van der Waals surface area (Å²) >= 11 is 0. The van der Waals surface area contributed by atoms with Gasteiger partial charge in [-0.1, -0.05) is 31.4 Å². The molecular formula is C20H25N3O. The van der Waals surface area contributed by atoms with E-state index in [1.807, 2.05) is 17.3 Å². The van der Waals surface area contributed by atoms with Crippen LogP contribution in [0, 0.1) is 5.92 Å². The van der Waals surface area contributed by atoms with E-state index in [0.717, 1.165) is 24.1 Å². The number of aromatic nitrogens is 1. The van der Waals surface area contributed by atoms with Crippen molar-refractivity contribution >= 4 is 11.5 Å². The molecule has 1 unspecified atom stereocenters. The maximum absolute atomic E-state index is 12.8. The third-order valence-corrected chi connectivity index (χ3v) is 5.54. The second kappa shape index (κ2) is 6.52. The highest BCUT2D eigenvalue weighted by Gasteiger charge is 2.39. The summed E-state index contributed by atoms with van der Waals surface area (Å²) in [6.45, 7) is 2.86. The van der Waals surface area contributed by atoms with Crippen molar-refractivity contribution < 1.29 is 4.79 Å². The Morgan fingerprint density at radius 1 is 1.25 bits per heavy atom. The average molecular weight is 323 g/mol. The van der Waals surface area contributed by atoms with Crippen LogP contribution in [0.15, 0.2) is 41.7 Å². The van der Waals surface area contributed by atoms with Crippen LogP contribution in [0.1, 0.15) is 51.0 Å². The normalized spacial score (nSPS) is 25.0. The van der Waals surface area contributed by atoms with E-state index in [2.05, 4.69) is 29.5 Å². The second-order valence-electron chi connectivity index (χ2n) is 7.29. The van der Waals surface area contributed by atoms with Gasteiger partial charge in [0, 0.05) is 36.5 Å². The lowest BCUT2D eigenvalue weighted by molar-refractivity contribution is -0.128. The molecule has 3 aliphatic rings. The van der Waals surface area contributed by atoms with Crippen LogP contribution in [0.4, 0.5) is 0 Å². The summed E-state index contributed by atoms with van der Waals surface area (Å²) in [5.41, 5.74) is 8.09. The molecule has 0 bridgehead atoms. The maximum atomic E-state index is 12.8. The molecule has 2 aliphatic carbocycles. The minimum absolute atomic E-state index is 0.185. The molecule has 24 heavy (non-hydrogen) atoms. The zero-order valence-corrected chi connectivity index (χ0v) is 14.3. The first-order valence-corrected chi connectivity index (χ1v) is 9.12. The molecule has 2 heterocycles. The maximum Gasteiger partial charge on any atom is 0.264 e. The van der Waals surface area contributed by atoms with Gasteiger partial charge in [0.1, 0.15) is 0 Å². The van der Waals surface area contributed by atoms with Crippen molar-refractivity contribution in [2.75, 3.05) is 6.54 Å². The molecule has 0 spiro atoms. The monoisotopic (exact) mass is 323 g/mol. The van der Waals surface area contributed by atoms with E-state index in [0.29, 0.717) is 12.0 Å². The molecule has 0 radical (unpaired) electrons. The number of carbonyl (C=O) groups excluding carboxylic acids is 1. The van der Waals surface area contributed by atoms with Gasteiger partial charge < -0.3 is 0 Å². The number of pyridine rings is 1. The number of amides is 1. The fourth-order valence-electron chi connectivity index (χ4n) is 4.35. The van der Waals surface area contributed by atoms with E-state index in [9.17, 15) is 4.79 Å². The van der Waals surface area contributed by atoms with Crippen LogP contribution in [0.3, 0.4) is 0 Å². The van der Waals surface area contributed by atoms with E-state index >= 15 is 0 Å². The summed E-state index contributed by atoms with van der Waals surface area (Å²) in [4.78, 5) is 17.1. The summed E-state index contributed by atoms with van der Waals surface area (Å²) in [6, 6.07) is 4.54. The lowest BCUT2D eigenvalue weighted by Gasteiger charge is -2.28. The third kappa shape index (κ3) is 2.91. The van der Waals surface area contributed by atoms with Crippen molar-refractivity contribution in [3.63, 3.8) is 0 Å². The first-order chi connectivity index (χ1) is 11.7. The van der Waals surface area contributed by atoms with E-state index in [-0.39, 0.29) is 5.91 Å². The number of hydrogen-bond donors (Lipinski definition) is 1. The summed E-state index contributed by atoms with van der Waals surface area (Å²) in [7, 11) is 0. The van der Waals surface area contributed by atoms with E-state index in [1.54, 1.807) is 6.20 Å². The van der Waals surface area contributed by atoms with Gasteiger partial charge in [-0.3, -0.25) is 14.8 Å². The number of hydrogen-bond acceptors (Lipinski definition) is 3. The Morgan fingerprint density at radius 2 is 2.08 bits per heavy atom.